The summed E-state index contributed by atoms with van der Waals surface area (Å²) in [5.41, 5.74) is 4.33. The van der Waals surface area contributed by atoms with Crippen molar-refractivity contribution in [2.24, 2.45) is 17.8 Å². The van der Waals surface area contributed by atoms with Crippen molar-refractivity contribution in [3.05, 3.63) is 34.9 Å². The molecule has 3 unspecified atom stereocenters. The van der Waals surface area contributed by atoms with Crippen LogP contribution in [0.1, 0.15) is 87.3 Å². The van der Waals surface area contributed by atoms with Crippen molar-refractivity contribution in [2.75, 3.05) is 0 Å². The molecule has 0 nitrogen and oxygen atoms in total. The van der Waals surface area contributed by atoms with Gasteiger partial charge in [-0.3, -0.25) is 0 Å². The fraction of sp³-hybridized carbons (Fsp3) is 0.700. The molecule has 2 aliphatic rings. The van der Waals surface area contributed by atoms with Crippen molar-refractivity contribution < 1.29 is 0 Å². The summed E-state index contributed by atoms with van der Waals surface area (Å²) in [4.78, 5) is 0. The monoisotopic (exact) mass is 304 g/mol. The topological polar surface area (TPSA) is 0 Å². The molecule has 116 valence electrons. The average Bonchev–Trinajstić information content (AvgIpc) is 3.20. The van der Waals surface area contributed by atoms with Gasteiger partial charge in [0.2, 0.25) is 0 Å². The zero-order valence-corrected chi connectivity index (χ0v) is 14.7. The standard InChI is InChI=1S/C20H29Cl/c1-12(2)14-9-10-17(18(11-14)13(3)4)20(21)19-15-7-5-6-8-16(15)19/h9-13,15-16,19-20H,5-8H2,1-4H3. The molecule has 0 saturated heterocycles. The van der Waals surface area contributed by atoms with Crippen molar-refractivity contribution in [1.82, 2.24) is 0 Å². The molecular weight excluding hydrogens is 276 g/mol. The maximum absolute atomic E-state index is 6.96. The second-order valence-corrected chi connectivity index (χ2v) is 8.26. The van der Waals surface area contributed by atoms with E-state index in [1.54, 1.807) is 0 Å². The third kappa shape index (κ3) is 2.89. The Morgan fingerprint density at radius 1 is 0.905 bits per heavy atom. The zero-order chi connectivity index (χ0) is 15.1. The molecule has 2 aliphatic carbocycles. The second kappa shape index (κ2) is 5.95. The number of hydrogen-bond acceptors (Lipinski definition) is 0. The van der Waals surface area contributed by atoms with Crippen molar-refractivity contribution in [3.63, 3.8) is 0 Å². The fourth-order valence-electron chi connectivity index (χ4n) is 4.39. The lowest BCUT2D eigenvalue weighted by Crippen LogP contribution is -2.04. The molecule has 1 heteroatoms. The molecule has 0 aliphatic heterocycles. The first-order valence-corrected chi connectivity index (χ1v) is 9.22. The van der Waals surface area contributed by atoms with Gasteiger partial charge in [-0.05, 0) is 59.1 Å². The lowest BCUT2D eigenvalue weighted by Gasteiger charge is -2.20. The number of fused-ring (bicyclic) bond motifs is 1. The first kappa shape index (κ1) is 15.4. The molecule has 0 radical (unpaired) electrons. The van der Waals surface area contributed by atoms with Gasteiger partial charge in [-0.25, -0.2) is 0 Å². The van der Waals surface area contributed by atoms with Crippen LogP contribution in [0.4, 0.5) is 0 Å². The Hall–Kier alpha value is -0.490. The Balaban J connectivity index is 1.87. The van der Waals surface area contributed by atoms with Crippen LogP contribution in [-0.2, 0) is 0 Å². The predicted octanol–water partition coefficient (Wildman–Crippen LogP) is 6.65. The van der Waals surface area contributed by atoms with Crippen LogP contribution >= 0.6 is 11.6 Å². The molecule has 1 aromatic rings. The van der Waals surface area contributed by atoms with Crippen LogP contribution in [0.25, 0.3) is 0 Å². The summed E-state index contributed by atoms with van der Waals surface area (Å²) in [6.07, 6.45) is 5.68. The van der Waals surface area contributed by atoms with Gasteiger partial charge in [-0.2, -0.15) is 0 Å². The van der Waals surface area contributed by atoms with Crippen LogP contribution in [0, 0.1) is 17.8 Å². The summed E-state index contributed by atoms with van der Waals surface area (Å²) in [6.45, 7) is 9.14. The van der Waals surface area contributed by atoms with E-state index in [2.05, 4.69) is 45.9 Å². The normalized spacial score (nSPS) is 29.6. The minimum Gasteiger partial charge on any atom is -0.117 e. The van der Waals surface area contributed by atoms with E-state index in [9.17, 15) is 0 Å². The van der Waals surface area contributed by atoms with Crippen LogP contribution in [0.15, 0.2) is 18.2 Å². The van der Waals surface area contributed by atoms with Gasteiger partial charge in [0, 0.05) is 0 Å². The predicted molar refractivity (Wildman–Crippen MR) is 92.2 cm³/mol. The highest BCUT2D eigenvalue weighted by molar-refractivity contribution is 6.21. The SMILES string of the molecule is CC(C)c1ccc(C(Cl)C2C3CCCCC32)c(C(C)C)c1. The zero-order valence-electron chi connectivity index (χ0n) is 13.9. The summed E-state index contributed by atoms with van der Waals surface area (Å²) in [6, 6.07) is 7.03. The molecule has 2 fully saturated rings. The third-order valence-corrected chi connectivity index (χ3v) is 6.28. The van der Waals surface area contributed by atoms with E-state index in [1.165, 1.54) is 42.4 Å². The van der Waals surface area contributed by atoms with Crippen LogP contribution in [0.3, 0.4) is 0 Å². The Labute approximate surface area is 135 Å². The first-order chi connectivity index (χ1) is 10.0. The van der Waals surface area contributed by atoms with Gasteiger partial charge in [-0.15, -0.1) is 11.6 Å². The third-order valence-electron chi connectivity index (χ3n) is 5.76. The summed E-state index contributed by atoms with van der Waals surface area (Å²) >= 11 is 6.96. The van der Waals surface area contributed by atoms with Crippen LogP contribution in [0.5, 0.6) is 0 Å². The lowest BCUT2D eigenvalue weighted by atomic mass is 9.89. The Bertz CT molecular complexity index is 491. The Morgan fingerprint density at radius 2 is 1.52 bits per heavy atom. The van der Waals surface area contributed by atoms with E-state index in [4.69, 9.17) is 11.6 Å². The number of hydrogen-bond donors (Lipinski definition) is 0. The summed E-state index contributed by atoms with van der Waals surface area (Å²) in [5, 5.41) is 0.233. The van der Waals surface area contributed by atoms with Gasteiger partial charge >= 0.3 is 0 Å². The molecule has 0 heterocycles. The highest BCUT2D eigenvalue weighted by Gasteiger charge is 2.54. The maximum Gasteiger partial charge on any atom is 0.0621 e. The van der Waals surface area contributed by atoms with Gasteiger partial charge in [-0.1, -0.05) is 58.7 Å². The summed E-state index contributed by atoms with van der Waals surface area (Å²) < 4.78 is 0. The van der Waals surface area contributed by atoms with Crippen LogP contribution in [-0.4, -0.2) is 0 Å². The number of halogens is 1. The molecule has 1 aromatic carbocycles. The maximum atomic E-state index is 6.96. The highest BCUT2D eigenvalue weighted by Crippen LogP contribution is 2.62. The van der Waals surface area contributed by atoms with Crippen molar-refractivity contribution in [2.45, 2.75) is 70.6 Å². The second-order valence-electron chi connectivity index (χ2n) is 7.79. The lowest BCUT2D eigenvalue weighted by molar-refractivity contribution is 0.480. The quantitative estimate of drug-likeness (QED) is 0.546. The van der Waals surface area contributed by atoms with Crippen LogP contribution in [0.2, 0.25) is 0 Å². The smallest absolute Gasteiger partial charge is 0.0621 e. The minimum atomic E-state index is 0.233. The molecule has 3 atom stereocenters. The summed E-state index contributed by atoms with van der Waals surface area (Å²) in [7, 11) is 0. The molecule has 2 saturated carbocycles. The fourth-order valence-corrected chi connectivity index (χ4v) is 4.97. The average molecular weight is 305 g/mol. The van der Waals surface area contributed by atoms with Gasteiger partial charge in [0.15, 0.2) is 0 Å². The van der Waals surface area contributed by atoms with Crippen molar-refractivity contribution >= 4 is 11.6 Å². The van der Waals surface area contributed by atoms with E-state index >= 15 is 0 Å². The molecule has 21 heavy (non-hydrogen) atoms. The van der Waals surface area contributed by atoms with E-state index in [0.29, 0.717) is 11.8 Å². The molecule has 0 bridgehead atoms. The van der Waals surface area contributed by atoms with E-state index in [-0.39, 0.29) is 5.38 Å². The summed E-state index contributed by atoms with van der Waals surface area (Å²) in [5.74, 6) is 3.74. The van der Waals surface area contributed by atoms with Crippen LogP contribution < -0.4 is 0 Å². The molecule has 0 spiro atoms. The van der Waals surface area contributed by atoms with Gasteiger partial charge in [0.1, 0.15) is 0 Å². The first-order valence-electron chi connectivity index (χ1n) is 8.78. The van der Waals surface area contributed by atoms with Gasteiger partial charge in [0.05, 0.1) is 5.38 Å². The molecule has 0 N–H and O–H groups in total. The van der Waals surface area contributed by atoms with Gasteiger partial charge in [0.25, 0.3) is 0 Å². The molecule has 0 amide bonds. The number of alkyl halides is 1. The Kier molecular flexibility index (Phi) is 4.37. The van der Waals surface area contributed by atoms with Crippen molar-refractivity contribution in [3.8, 4) is 0 Å². The van der Waals surface area contributed by atoms with E-state index in [0.717, 1.165) is 17.8 Å². The highest BCUT2D eigenvalue weighted by atomic mass is 35.5. The van der Waals surface area contributed by atoms with Crippen molar-refractivity contribution in [1.29, 1.82) is 0 Å². The Morgan fingerprint density at radius 3 is 2.05 bits per heavy atom. The largest absolute Gasteiger partial charge is 0.117 e. The number of benzene rings is 1. The molecular formula is C20H29Cl. The molecule has 0 aromatic heterocycles. The van der Waals surface area contributed by atoms with E-state index in [1.807, 2.05) is 0 Å². The van der Waals surface area contributed by atoms with Gasteiger partial charge < -0.3 is 0 Å². The van der Waals surface area contributed by atoms with E-state index < -0.39 is 0 Å². The number of rotatable bonds is 4. The molecule has 3 rings (SSSR count). The minimum absolute atomic E-state index is 0.233.